The Kier molecular flexibility index (Phi) is 3.24. The fraction of sp³-hybridized carbons (Fsp3) is 0.0556. The normalized spacial score (nSPS) is 10.8. The molecule has 3 aromatic heterocycles. The summed E-state index contributed by atoms with van der Waals surface area (Å²) in [5.41, 5.74) is 4.83. The van der Waals surface area contributed by atoms with E-state index in [0.717, 1.165) is 28.4 Å². The minimum Gasteiger partial charge on any atom is -0.340 e. The van der Waals surface area contributed by atoms with Gasteiger partial charge in [-0.15, -0.1) is 0 Å². The van der Waals surface area contributed by atoms with Gasteiger partial charge in [-0.25, -0.2) is 9.97 Å². The van der Waals surface area contributed by atoms with E-state index in [2.05, 4.69) is 44.3 Å². The molecule has 0 aliphatic rings. The average molecular weight is 301 g/mol. The molecule has 1 aromatic carbocycles. The molecule has 112 valence electrons. The quantitative estimate of drug-likeness (QED) is 0.598. The molecule has 0 aliphatic carbocycles. The Hall–Kier alpha value is -3.21. The van der Waals surface area contributed by atoms with Crippen molar-refractivity contribution < 1.29 is 0 Å². The summed E-state index contributed by atoms with van der Waals surface area (Å²) < 4.78 is 0. The van der Waals surface area contributed by atoms with Crippen LogP contribution >= 0.6 is 0 Å². The van der Waals surface area contributed by atoms with Crippen LogP contribution in [-0.4, -0.2) is 19.9 Å². The first-order chi connectivity index (χ1) is 11.3. The number of hydrogen-bond acceptors (Lipinski definition) is 4. The highest BCUT2D eigenvalue weighted by molar-refractivity contribution is 5.78. The number of aryl methyl sites for hydroxylation is 1. The Labute approximate surface area is 133 Å². The van der Waals surface area contributed by atoms with Crippen molar-refractivity contribution >= 4 is 22.7 Å². The fourth-order valence-corrected chi connectivity index (χ4v) is 2.47. The van der Waals surface area contributed by atoms with Crippen molar-refractivity contribution in [1.82, 2.24) is 19.9 Å². The first kappa shape index (κ1) is 13.5. The molecule has 0 radical (unpaired) electrons. The number of rotatable bonds is 3. The molecule has 0 fully saturated rings. The monoisotopic (exact) mass is 301 g/mol. The molecule has 23 heavy (non-hydrogen) atoms. The molecule has 0 saturated heterocycles. The van der Waals surface area contributed by atoms with E-state index < -0.39 is 0 Å². The van der Waals surface area contributed by atoms with Crippen LogP contribution in [0.4, 0.5) is 11.5 Å². The van der Waals surface area contributed by atoms with Crippen molar-refractivity contribution in [2.75, 3.05) is 5.32 Å². The first-order valence-corrected chi connectivity index (χ1v) is 7.39. The van der Waals surface area contributed by atoms with Crippen molar-refractivity contribution in [2.45, 2.75) is 6.92 Å². The SMILES string of the molecule is Cc1cccc(-c2nc3nc(Nc4ccncc4)ccc3[nH]2)c1. The number of imidazole rings is 1. The van der Waals surface area contributed by atoms with Crippen LogP contribution in [0.2, 0.25) is 0 Å². The number of hydrogen-bond donors (Lipinski definition) is 2. The zero-order valence-corrected chi connectivity index (χ0v) is 12.6. The second-order valence-corrected chi connectivity index (χ2v) is 5.38. The van der Waals surface area contributed by atoms with E-state index >= 15 is 0 Å². The maximum absolute atomic E-state index is 4.61. The number of aromatic nitrogens is 4. The highest BCUT2D eigenvalue weighted by atomic mass is 15.1. The second-order valence-electron chi connectivity index (χ2n) is 5.38. The summed E-state index contributed by atoms with van der Waals surface area (Å²) >= 11 is 0. The molecule has 3 heterocycles. The lowest BCUT2D eigenvalue weighted by Crippen LogP contribution is -1.93. The molecule has 0 amide bonds. The molecule has 4 aromatic rings. The van der Waals surface area contributed by atoms with Crippen LogP contribution in [0.25, 0.3) is 22.6 Å². The Morgan fingerprint density at radius 3 is 2.65 bits per heavy atom. The van der Waals surface area contributed by atoms with Crippen LogP contribution in [0.3, 0.4) is 0 Å². The molecule has 0 unspecified atom stereocenters. The lowest BCUT2D eigenvalue weighted by atomic mass is 10.1. The fourth-order valence-electron chi connectivity index (χ4n) is 2.47. The van der Waals surface area contributed by atoms with Gasteiger partial charge < -0.3 is 10.3 Å². The third kappa shape index (κ3) is 2.76. The number of aromatic amines is 1. The molecular weight excluding hydrogens is 286 g/mol. The Morgan fingerprint density at radius 1 is 0.957 bits per heavy atom. The van der Waals surface area contributed by atoms with Crippen molar-refractivity contribution in [1.29, 1.82) is 0 Å². The number of benzene rings is 1. The summed E-state index contributed by atoms with van der Waals surface area (Å²) in [6.07, 6.45) is 3.48. The second kappa shape index (κ2) is 5.53. The van der Waals surface area contributed by atoms with Crippen molar-refractivity contribution in [3.63, 3.8) is 0 Å². The number of nitrogens with one attached hydrogen (secondary N) is 2. The number of nitrogens with zero attached hydrogens (tertiary/aromatic N) is 3. The molecular formula is C18H15N5. The molecule has 5 heteroatoms. The van der Waals surface area contributed by atoms with E-state index in [1.165, 1.54) is 5.56 Å². The molecule has 2 N–H and O–H groups in total. The molecule has 0 aliphatic heterocycles. The van der Waals surface area contributed by atoms with E-state index in [1.54, 1.807) is 12.4 Å². The zero-order chi connectivity index (χ0) is 15.6. The summed E-state index contributed by atoms with van der Waals surface area (Å²) in [5, 5.41) is 3.25. The highest BCUT2D eigenvalue weighted by Gasteiger charge is 2.07. The molecule has 5 nitrogen and oxygen atoms in total. The van der Waals surface area contributed by atoms with E-state index in [9.17, 15) is 0 Å². The zero-order valence-electron chi connectivity index (χ0n) is 12.6. The third-order valence-corrected chi connectivity index (χ3v) is 3.59. The van der Waals surface area contributed by atoms with Crippen LogP contribution in [-0.2, 0) is 0 Å². The van der Waals surface area contributed by atoms with Gasteiger partial charge in [0.25, 0.3) is 0 Å². The standard InChI is InChI=1S/C18H15N5/c1-12-3-2-4-13(11-12)17-21-15-5-6-16(22-18(15)23-17)20-14-7-9-19-10-8-14/h2-11H,1H3,(H2,19,20,21,22,23). The van der Waals surface area contributed by atoms with Gasteiger partial charge in [0, 0.05) is 23.6 Å². The van der Waals surface area contributed by atoms with E-state index in [0.29, 0.717) is 5.65 Å². The highest BCUT2D eigenvalue weighted by Crippen LogP contribution is 2.22. The smallest absolute Gasteiger partial charge is 0.180 e. The van der Waals surface area contributed by atoms with Gasteiger partial charge in [0.1, 0.15) is 11.6 Å². The van der Waals surface area contributed by atoms with Gasteiger partial charge in [0.2, 0.25) is 0 Å². The van der Waals surface area contributed by atoms with Crippen LogP contribution < -0.4 is 5.32 Å². The van der Waals surface area contributed by atoms with Gasteiger partial charge >= 0.3 is 0 Å². The molecule has 0 atom stereocenters. The van der Waals surface area contributed by atoms with Gasteiger partial charge in [-0.1, -0.05) is 23.8 Å². The predicted octanol–water partition coefficient (Wildman–Crippen LogP) is 4.07. The number of anilines is 2. The minimum absolute atomic E-state index is 0.695. The molecule has 0 bridgehead atoms. The minimum atomic E-state index is 0.695. The van der Waals surface area contributed by atoms with Crippen LogP contribution in [0.1, 0.15) is 5.56 Å². The Morgan fingerprint density at radius 2 is 1.83 bits per heavy atom. The van der Waals surface area contributed by atoms with Gasteiger partial charge in [-0.05, 0) is 37.3 Å². The third-order valence-electron chi connectivity index (χ3n) is 3.59. The summed E-state index contributed by atoms with van der Waals surface area (Å²) in [7, 11) is 0. The molecule has 4 rings (SSSR count). The lowest BCUT2D eigenvalue weighted by molar-refractivity contribution is 1.28. The largest absolute Gasteiger partial charge is 0.340 e. The van der Waals surface area contributed by atoms with Crippen molar-refractivity contribution in [3.8, 4) is 11.4 Å². The van der Waals surface area contributed by atoms with Crippen LogP contribution in [0, 0.1) is 6.92 Å². The number of H-pyrrole nitrogens is 1. The topological polar surface area (TPSA) is 66.5 Å². The lowest BCUT2D eigenvalue weighted by Gasteiger charge is -2.03. The van der Waals surface area contributed by atoms with Gasteiger partial charge in [0.05, 0.1) is 5.52 Å². The van der Waals surface area contributed by atoms with Crippen LogP contribution in [0.5, 0.6) is 0 Å². The summed E-state index contributed by atoms with van der Waals surface area (Å²) in [5.74, 6) is 1.59. The van der Waals surface area contributed by atoms with E-state index in [-0.39, 0.29) is 0 Å². The first-order valence-electron chi connectivity index (χ1n) is 7.39. The van der Waals surface area contributed by atoms with E-state index in [1.807, 2.05) is 36.4 Å². The number of pyridine rings is 2. The summed E-state index contributed by atoms with van der Waals surface area (Å²) in [6, 6.07) is 16.0. The summed E-state index contributed by atoms with van der Waals surface area (Å²) in [4.78, 5) is 16.5. The predicted molar refractivity (Wildman–Crippen MR) is 91.6 cm³/mol. The Bertz CT molecular complexity index is 959. The number of fused-ring (bicyclic) bond motifs is 1. The maximum atomic E-state index is 4.61. The van der Waals surface area contributed by atoms with Gasteiger partial charge in [-0.2, -0.15) is 0 Å². The molecule has 0 spiro atoms. The van der Waals surface area contributed by atoms with Crippen molar-refractivity contribution in [3.05, 3.63) is 66.5 Å². The average Bonchev–Trinajstić information content (AvgIpc) is 2.99. The summed E-state index contributed by atoms with van der Waals surface area (Å²) in [6.45, 7) is 2.07. The molecule has 0 saturated carbocycles. The van der Waals surface area contributed by atoms with Crippen molar-refractivity contribution in [2.24, 2.45) is 0 Å². The van der Waals surface area contributed by atoms with E-state index in [4.69, 9.17) is 0 Å². The van der Waals surface area contributed by atoms with Gasteiger partial charge in [0.15, 0.2) is 5.65 Å². The van der Waals surface area contributed by atoms with Crippen LogP contribution in [0.15, 0.2) is 60.9 Å². The maximum Gasteiger partial charge on any atom is 0.180 e. The van der Waals surface area contributed by atoms with Gasteiger partial charge in [-0.3, -0.25) is 4.98 Å². The Balaban J connectivity index is 1.69.